The fourth-order valence-corrected chi connectivity index (χ4v) is 3.11. The second-order valence-corrected chi connectivity index (χ2v) is 6.68. The summed E-state index contributed by atoms with van der Waals surface area (Å²) in [5.41, 5.74) is 1.75. The summed E-state index contributed by atoms with van der Waals surface area (Å²) in [6, 6.07) is 13.6. The lowest BCUT2D eigenvalue weighted by molar-refractivity contribution is -0.540. The number of hydrogen-bond acceptors (Lipinski definition) is 0. The van der Waals surface area contributed by atoms with Crippen molar-refractivity contribution in [1.82, 2.24) is 0 Å². The molecule has 0 aliphatic heterocycles. The second kappa shape index (κ2) is 8.40. The lowest BCUT2D eigenvalue weighted by Gasteiger charge is -2.31. The third-order valence-corrected chi connectivity index (χ3v) is 4.82. The lowest BCUT2D eigenvalue weighted by atomic mass is 9.72. The van der Waals surface area contributed by atoms with Crippen molar-refractivity contribution in [3.63, 3.8) is 0 Å². The van der Waals surface area contributed by atoms with Crippen LogP contribution in [0.4, 0.5) is 18.9 Å². The van der Waals surface area contributed by atoms with E-state index >= 15 is 0 Å². The van der Waals surface area contributed by atoms with Gasteiger partial charge in [-0.05, 0) is 35.8 Å². The molecule has 0 radical (unpaired) electrons. The first-order valence-corrected chi connectivity index (χ1v) is 8.77. The van der Waals surface area contributed by atoms with Crippen molar-refractivity contribution in [3.8, 4) is 0 Å². The molecule has 142 valence electrons. The minimum absolute atomic E-state index is 0.479. The highest BCUT2D eigenvalue weighted by molar-refractivity contribution is 5.58. The van der Waals surface area contributed by atoms with Crippen molar-refractivity contribution < 1.29 is 18.5 Å². The topological polar surface area (TPSA) is 16.6 Å². The molecular weight excluding hydrogens is 347 g/mol. The first-order chi connectivity index (χ1) is 12.7. The summed E-state index contributed by atoms with van der Waals surface area (Å²) in [7, 11) is 1.82. The molecule has 2 rings (SSSR count). The predicted octanol–water partition coefficient (Wildman–Crippen LogP) is 5.63. The molecule has 2 N–H and O–H groups in total. The number of benzene rings is 2. The van der Waals surface area contributed by atoms with E-state index in [4.69, 9.17) is 0 Å². The van der Waals surface area contributed by atoms with E-state index in [0.717, 1.165) is 22.9 Å². The minimum Gasteiger partial charge on any atom is -0.316 e. The minimum atomic E-state index is -4.39. The fraction of sp³-hybridized carbons (Fsp3) is 0.217. The van der Waals surface area contributed by atoms with Gasteiger partial charge in [0.15, 0.2) is 0 Å². The molecule has 0 bridgehead atoms. The molecule has 0 spiro atoms. The average molecular weight is 372 g/mol. The maximum atomic E-state index is 13.3. The van der Waals surface area contributed by atoms with E-state index in [1.165, 1.54) is 12.1 Å². The third kappa shape index (κ3) is 4.77. The number of hydrogen-bond donors (Lipinski definition) is 1. The first kappa shape index (κ1) is 20.7. The molecule has 0 saturated heterocycles. The fourth-order valence-electron chi connectivity index (χ4n) is 3.11. The van der Waals surface area contributed by atoms with Crippen LogP contribution in [0.1, 0.15) is 30.0 Å². The molecule has 2 aromatic rings. The Balaban J connectivity index is 2.52. The van der Waals surface area contributed by atoms with Crippen molar-refractivity contribution in [2.24, 2.45) is 0 Å². The summed E-state index contributed by atoms with van der Waals surface area (Å²) in [4.78, 5) is 0. The number of quaternary nitrogens is 1. The molecule has 2 aromatic carbocycles. The normalized spacial score (nSPS) is 14.1. The highest BCUT2D eigenvalue weighted by Crippen LogP contribution is 2.41. The number of halogens is 3. The van der Waals surface area contributed by atoms with Crippen molar-refractivity contribution in [3.05, 3.63) is 96.1 Å². The zero-order valence-corrected chi connectivity index (χ0v) is 15.7. The number of nitrogens with two attached hydrogens (primary N) is 1. The monoisotopic (exact) mass is 372 g/mol. The smallest absolute Gasteiger partial charge is 0.316 e. The van der Waals surface area contributed by atoms with Crippen LogP contribution < -0.4 is 5.32 Å². The van der Waals surface area contributed by atoms with Gasteiger partial charge >= 0.3 is 6.18 Å². The summed E-state index contributed by atoms with van der Waals surface area (Å²) in [5, 5.41) is 1.82. The van der Waals surface area contributed by atoms with Crippen LogP contribution in [0.3, 0.4) is 0 Å². The summed E-state index contributed by atoms with van der Waals surface area (Å²) < 4.78 is 39.8. The molecule has 0 amide bonds. The van der Waals surface area contributed by atoms with Gasteiger partial charge in [-0.1, -0.05) is 62.1 Å². The first-order valence-electron chi connectivity index (χ1n) is 8.77. The van der Waals surface area contributed by atoms with Crippen LogP contribution in [0.5, 0.6) is 0 Å². The zero-order chi connectivity index (χ0) is 20.1. The Morgan fingerprint density at radius 2 is 1.78 bits per heavy atom. The molecule has 0 saturated carbocycles. The molecule has 0 fully saturated rings. The SMILES string of the molecule is C=CCC(C)(C(=C)C=Cc1ccccc1)c1cc(C(F)(F)F)ccc1[NH2+]C. The Hall–Kier alpha value is -2.59. The van der Waals surface area contributed by atoms with Gasteiger partial charge in [0, 0.05) is 11.0 Å². The number of rotatable bonds is 7. The summed E-state index contributed by atoms with van der Waals surface area (Å²) in [6.07, 6.45) is 1.61. The van der Waals surface area contributed by atoms with Gasteiger partial charge in [0.1, 0.15) is 5.69 Å². The quantitative estimate of drug-likeness (QED) is 0.368. The van der Waals surface area contributed by atoms with Gasteiger partial charge in [-0.25, -0.2) is 0 Å². The average Bonchev–Trinajstić information content (AvgIpc) is 2.65. The van der Waals surface area contributed by atoms with Crippen LogP contribution in [0.2, 0.25) is 0 Å². The third-order valence-electron chi connectivity index (χ3n) is 4.82. The van der Waals surface area contributed by atoms with Gasteiger partial charge < -0.3 is 5.32 Å². The van der Waals surface area contributed by atoms with Crippen molar-refractivity contribution in [1.29, 1.82) is 0 Å². The number of alkyl halides is 3. The second-order valence-electron chi connectivity index (χ2n) is 6.68. The van der Waals surface area contributed by atoms with Crippen molar-refractivity contribution in [2.75, 3.05) is 7.05 Å². The molecule has 1 unspecified atom stereocenters. The molecule has 0 aliphatic rings. The molecule has 27 heavy (non-hydrogen) atoms. The summed E-state index contributed by atoms with van der Waals surface area (Å²) in [6.45, 7) is 9.89. The van der Waals surface area contributed by atoms with Crippen LogP contribution in [0, 0.1) is 0 Å². The van der Waals surface area contributed by atoms with Gasteiger partial charge in [0.05, 0.1) is 12.6 Å². The largest absolute Gasteiger partial charge is 0.416 e. The molecule has 0 aromatic heterocycles. The van der Waals surface area contributed by atoms with Gasteiger partial charge in [-0.15, -0.1) is 6.58 Å². The maximum Gasteiger partial charge on any atom is 0.416 e. The highest BCUT2D eigenvalue weighted by atomic mass is 19.4. The maximum absolute atomic E-state index is 13.3. The standard InChI is InChI=1S/C23H24F3N/c1-5-15-22(3,17(2)11-12-18-9-7-6-8-10-18)20-16-19(23(24,25)26)13-14-21(20)27-4/h5-14,16,27H,1-2,15H2,3-4H3/p+1. The van der Waals surface area contributed by atoms with Gasteiger partial charge in [0.2, 0.25) is 0 Å². The Kier molecular flexibility index (Phi) is 6.45. The van der Waals surface area contributed by atoms with Gasteiger partial charge in [-0.2, -0.15) is 13.2 Å². The molecular formula is C23H25F3N+. The number of allylic oxidation sites excluding steroid dienone is 3. The van der Waals surface area contributed by atoms with Crippen molar-refractivity contribution >= 4 is 11.8 Å². The summed E-state index contributed by atoms with van der Waals surface area (Å²) >= 11 is 0. The van der Waals surface area contributed by atoms with Gasteiger partial charge in [-0.3, -0.25) is 0 Å². The van der Waals surface area contributed by atoms with Crippen LogP contribution >= 0.6 is 0 Å². The molecule has 0 heterocycles. The Labute approximate surface area is 158 Å². The van der Waals surface area contributed by atoms with Crippen molar-refractivity contribution in [2.45, 2.75) is 24.9 Å². The van der Waals surface area contributed by atoms with Crippen LogP contribution in [0.15, 0.2) is 79.4 Å². The van der Waals surface area contributed by atoms with Crippen LogP contribution in [0.25, 0.3) is 6.08 Å². The van der Waals surface area contributed by atoms with E-state index in [1.807, 2.05) is 61.8 Å². The molecule has 0 aliphatic carbocycles. The lowest BCUT2D eigenvalue weighted by Crippen LogP contribution is -2.73. The van der Waals surface area contributed by atoms with E-state index < -0.39 is 17.2 Å². The van der Waals surface area contributed by atoms with Crippen LogP contribution in [-0.4, -0.2) is 7.05 Å². The van der Waals surface area contributed by atoms with Crippen LogP contribution in [-0.2, 0) is 11.6 Å². The van der Waals surface area contributed by atoms with E-state index in [0.29, 0.717) is 12.0 Å². The Morgan fingerprint density at radius 3 is 2.33 bits per heavy atom. The predicted molar refractivity (Wildman–Crippen MR) is 106 cm³/mol. The van der Waals surface area contributed by atoms with E-state index in [1.54, 1.807) is 6.08 Å². The van der Waals surface area contributed by atoms with E-state index in [9.17, 15) is 13.2 Å². The zero-order valence-electron chi connectivity index (χ0n) is 15.7. The molecule has 1 nitrogen and oxygen atoms in total. The van der Waals surface area contributed by atoms with E-state index in [-0.39, 0.29) is 0 Å². The molecule has 4 heteroatoms. The van der Waals surface area contributed by atoms with Gasteiger partial charge in [0.25, 0.3) is 0 Å². The summed E-state index contributed by atoms with van der Waals surface area (Å²) in [5.74, 6) is 0. The molecule has 1 atom stereocenters. The highest BCUT2D eigenvalue weighted by Gasteiger charge is 2.36. The van der Waals surface area contributed by atoms with E-state index in [2.05, 4.69) is 13.2 Å². The Bertz CT molecular complexity index is 834. The Morgan fingerprint density at radius 1 is 1.11 bits per heavy atom.